The van der Waals surface area contributed by atoms with Crippen LogP contribution in [0.15, 0.2) is 12.1 Å². The summed E-state index contributed by atoms with van der Waals surface area (Å²) in [6, 6.07) is 2.44. The van der Waals surface area contributed by atoms with Crippen LogP contribution in [0.25, 0.3) is 0 Å². The maximum Gasteiger partial charge on any atom is 0.165 e. The Morgan fingerprint density at radius 2 is 1.87 bits per heavy atom. The van der Waals surface area contributed by atoms with Gasteiger partial charge in [-0.25, -0.2) is 13.2 Å². The van der Waals surface area contributed by atoms with Crippen LogP contribution in [-0.2, 0) is 5.67 Å². The third-order valence-corrected chi connectivity index (χ3v) is 2.93. The molecule has 1 aliphatic carbocycles. The van der Waals surface area contributed by atoms with E-state index in [1.54, 1.807) is 0 Å². The molecule has 0 aromatic heterocycles. The molecule has 1 aromatic rings. The SMILES string of the molecule is Cc1ccc(C2(F)CC(N)C2)c(F)c1F. The summed E-state index contributed by atoms with van der Waals surface area (Å²) in [5.41, 5.74) is 3.66. The third-order valence-electron chi connectivity index (χ3n) is 2.93. The van der Waals surface area contributed by atoms with Gasteiger partial charge in [-0.15, -0.1) is 0 Å². The Morgan fingerprint density at radius 1 is 1.27 bits per heavy atom. The molecule has 0 radical (unpaired) electrons. The third kappa shape index (κ3) is 1.53. The van der Waals surface area contributed by atoms with Crippen molar-refractivity contribution in [1.29, 1.82) is 0 Å². The first kappa shape index (κ1) is 10.5. The Bertz CT molecular complexity index is 397. The summed E-state index contributed by atoms with van der Waals surface area (Å²) in [5, 5.41) is 0. The van der Waals surface area contributed by atoms with Crippen LogP contribution in [0.5, 0.6) is 0 Å². The zero-order chi connectivity index (χ0) is 11.2. The maximum atomic E-state index is 14.0. The van der Waals surface area contributed by atoms with E-state index in [0.717, 1.165) is 0 Å². The molecule has 1 nitrogen and oxygen atoms in total. The highest BCUT2D eigenvalue weighted by molar-refractivity contribution is 5.32. The molecule has 0 bridgehead atoms. The number of nitrogens with two attached hydrogens (primary N) is 1. The van der Waals surface area contributed by atoms with Gasteiger partial charge in [0, 0.05) is 24.4 Å². The molecule has 0 atom stereocenters. The molecule has 1 fully saturated rings. The highest BCUT2D eigenvalue weighted by Crippen LogP contribution is 2.45. The summed E-state index contributed by atoms with van der Waals surface area (Å²) in [6.45, 7) is 1.44. The minimum Gasteiger partial charge on any atom is -0.327 e. The molecule has 0 aliphatic heterocycles. The van der Waals surface area contributed by atoms with Gasteiger partial charge >= 0.3 is 0 Å². The number of halogens is 3. The average Bonchev–Trinajstić information content (AvgIpc) is 2.12. The largest absolute Gasteiger partial charge is 0.327 e. The van der Waals surface area contributed by atoms with Gasteiger partial charge in [-0.05, 0) is 12.5 Å². The molecule has 1 saturated carbocycles. The molecular formula is C11H12F3N. The molecule has 0 unspecified atom stereocenters. The van der Waals surface area contributed by atoms with Crippen molar-refractivity contribution in [3.63, 3.8) is 0 Å². The molecule has 0 heterocycles. The predicted octanol–water partition coefficient (Wildman–Crippen LogP) is 2.56. The van der Waals surface area contributed by atoms with Gasteiger partial charge in [-0.2, -0.15) is 0 Å². The smallest absolute Gasteiger partial charge is 0.165 e. The van der Waals surface area contributed by atoms with E-state index in [2.05, 4.69) is 0 Å². The number of rotatable bonds is 1. The van der Waals surface area contributed by atoms with E-state index in [0.29, 0.717) is 0 Å². The Labute approximate surface area is 86.1 Å². The molecule has 15 heavy (non-hydrogen) atoms. The summed E-state index contributed by atoms with van der Waals surface area (Å²) in [7, 11) is 0. The zero-order valence-electron chi connectivity index (χ0n) is 8.36. The molecule has 2 N–H and O–H groups in total. The van der Waals surface area contributed by atoms with Crippen LogP contribution in [-0.4, -0.2) is 6.04 Å². The quantitative estimate of drug-likeness (QED) is 0.765. The molecule has 82 valence electrons. The lowest BCUT2D eigenvalue weighted by Gasteiger charge is -2.39. The molecule has 4 heteroatoms. The van der Waals surface area contributed by atoms with E-state index in [4.69, 9.17) is 5.73 Å². The van der Waals surface area contributed by atoms with Crippen molar-refractivity contribution < 1.29 is 13.2 Å². The van der Waals surface area contributed by atoms with Crippen molar-refractivity contribution in [2.75, 3.05) is 0 Å². The molecule has 0 spiro atoms. The highest BCUT2D eigenvalue weighted by atomic mass is 19.2. The lowest BCUT2D eigenvalue weighted by Crippen LogP contribution is -2.46. The van der Waals surface area contributed by atoms with Crippen molar-refractivity contribution in [1.82, 2.24) is 0 Å². The van der Waals surface area contributed by atoms with Gasteiger partial charge in [0.1, 0.15) is 5.67 Å². The van der Waals surface area contributed by atoms with E-state index < -0.39 is 17.3 Å². The lowest BCUT2D eigenvalue weighted by atomic mass is 9.73. The first-order valence-electron chi connectivity index (χ1n) is 4.83. The highest BCUT2D eigenvalue weighted by Gasteiger charge is 2.46. The van der Waals surface area contributed by atoms with Crippen LogP contribution < -0.4 is 5.73 Å². The Hall–Kier alpha value is -1.03. The number of alkyl halides is 1. The Balaban J connectivity index is 2.42. The first-order chi connectivity index (χ1) is 6.94. The van der Waals surface area contributed by atoms with Crippen LogP contribution in [0.4, 0.5) is 13.2 Å². The van der Waals surface area contributed by atoms with Gasteiger partial charge in [0.15, 0.2) is 11.6 Å². The van der Waals surface area contributed by atoms with Crippen molar-refractivity contribution >= 4 is 0 Å². The number of hydrogen-bond donors (Lipinski definition) is 1. The van der Waals surface area contributed by atoms with Crippen LogP contribution in [0, 0.1) is 18.6 Å². The Kier molecular flexibility index (Phi) is 2.26. The van der Waals surface area contributed by atoms with E-state index in [1.165, 1.54) is 19.1 Å². The summed E-state index contributed by atoms with van der Waals surface area (Å²) in [4.78, 5) is 0. The first-order valence-corrected chi connectivity index (χ1v) is 4.83. The molecule has 0 saturated heterocycles. The molecule has 1 aromatic carbocycles. The Morgan fingerprint density at radius 3 is 2.40 bits per heavy atom. The van der Waals surface area contributed by atoms with Crippen LogP contribution >= 0.6 is 0 Å². The fourth-order valence-electron chi connectivity index (χ4n) is 1.98. The fraction of sp³-hybridized carbons (Fsp3) is 0.455. The molecule has 1 aliphatic rings. The van der Waals surface area contributed by atoms with Gasteiger partial charge in [0.25, 0.3) is 0 Å². The van der Waals surface area contributed by atoms with Crippen molar-refractivity contribution in [2.24, 2.45) is 5.73 Å². The normalized spacial score (nSPS) is 30.1. The van der Waals surface area contributed by atoms with E-state index in [-0.39, 0.29) is 30.0 Å². The van der Waals surface area contributed by atoms with Gasteiger partial charge in [0.05, 0.1) is 0 Å². The van der Waals surface area contributed by atoms with Gasteiger partial charge in [-0.1, -0.05) is 12.1 Å². The zero-order valence-corrected chi connectivity index (χ0v) is 8.36. The number of hydrogen-bond acceptors (Lipinski definition) is 1. The standard InChI is InChI=1S/C11H12F3N/c1-6-2-3-8(10(13)9(6)12)11(14)4-7(15)5-11/h2-3,7H,4-5,15H2,1H3. The maximum absolute atomic E-state index is 14.0. The van der Waals surface area contributed by atoms with Crippen LogP contribution in [0.3, 0.4) is 0 Å². The fourth-order valence-corrected chi connectivity index (χ4v) is 1.98. The van der Waals surface area contributed by atoms with Crippen molar-refractivity contribution in [3.05, 3.63) is 34.9 Å². The summed E-state index contributed by atoms with van der Waals surface area (Å²) in [6.07, 6.45) is 0.124. The van der Waals surface area contributed by atoms with Crippen LogP contribution in [0.1, 0.15) is 24.0 Å². The van der Waals surface area contributed by atoms with Crippen LogP contribution in [0.2, 0.25) is 0 Å². The molecule has 0 amide bonds. The summed E-state index contributed by atoms with van der Waals surface area (Å²) in [5.74, 6) is -2.05. The van der Waals surface area contributed by atoms with Crippen molar-refractivity contribution in [2.45, 2.75) is 31.5 Å². The molecular weight excluding hydrogens is 203 g/mol. The van der Waals surface area contributed by atoms with E-state index in [1.807, 2.05) is 0 Å². The van der Waals surface area contributed by atoms with Gasteiger partial charge in [-0.3, -0.25) is 0 Å². The summed E-state index contributed by atoms with van der Waals surface area (Å²) < 4.78 is 40.6. The lowest BCUT2D eigenvalue weighted by molar-refractivity contribution is 0.0361. The second-order valence-electron chi connectivity index (χ2n) is 4.19. The summed E-state index contributed by atoms with van der Waals surface area (Å²) >= 11 is 0. The van der Waals surface area contributed by atoms with E-state index in [9.17, 15) is 13.2 Å². The topological polar surface area (TPSA) is 26.0 Å². The second-order valence-corrected chi connectivity index (χ2v) is 4.19. The van der Waals surface area contributed by atoms with Gasteiger partial charge < -0.3 is 5.73 Å². The average molecular weight is 215 g/mol. The van der Waals surface area contributed by atoms with E-state index >= 15 is 0 Å². The number of aryl methyl sites for hydroxylation is 1. The predicted molar refractivity (Wildman–Crippen MR) is 51.1 cm³/mol. The minimum absolute atomic E-state index is 0.0619. The second kappa shape index (κ2) is 3.23. The molecule has 2 rings (SSSR count). The van der Waals surface area contributed by atoms with Gasteiger partial charge in [0.2, 0.25) is 0 Å². The number of benzene rings is 1. The van der Waals surface area contributed by atoms with Crippen molar-refractivity contribution in [3.8, 4) is 0 Å². The minimum atomic E-state index is -1.78. The monoisotopic (exact) mass is 215 g/mol.